The van der Waals surface area contributed by atoms with E-state index in [1.54, 1.807) is 0 Å². The normalized spacial score (nSPS) is 19.4. The molecule has 0 spiro atoms. The third-order valence-corrected chi connectivity index (χ3v) is 4.81. The molecule has 98 valence electrons. The Morgan fingerprint density at radius 1 is 1.33 bits per heavy atom. The van der Waals surface area contributed by atoms with Crippen molar-refractivity contribution in [3.05, 3.63) is 22.8 Å². The van der Waals surface area contributed by atoms with E-state index in [1.165, 1.54) is 36.2 Å². The molecule has 2 aliphatic rings. The summed E-state index contributed by atoms with van der Waals surface area (Å²) in [6, 6.07) is 0. The Hall–Kier alpha value is -0.610. The van der Waals surface area contributed by atoms with Gasteiger partial charge in [0.15, 0.2) is 0 Å². The molecule has 0 amide bonds. The molecule has 0 bridgehead atoms. The van der Waals surface area contributed by atoms with E-state index in [-0.39, 0.29) is 0 Å². The van der Waals surface area contributed by atoms with Crippen LogP contribution in [0, 0.1) is 0 Å². The van der Waals surface area contributed by atoms with Gasteiger partial charge in [0.2, 0.25) is 0 Å². The van der Waals surface area contributed by atoms with Crippen molar-refractivity contribution in [3.8, 4) is 0 Å². The Bertz CT molecular complexity index is 429. The Morgan fingerprint density at radius 2 is 2.22 bits per heavy atom. The fourth-order valence-corrected chi connectivity index (χ4v) is 3.22. The van der Waals surface area contributed by atoms with Crippen LogP contribution in [0.15, 0.2) is 0 Å². The number of nitrogens with one attached hydrogen (secondary N) is 1. The Morgan fingerprint density at radius 3 is 2.94 bits per heavy atom. The number of thioether (sulfide) groups is 1. The van der Waals surface area contributed by atoms with E-state index in [2.05, 4.69) is 12.2 Å². The maximum atomic E-state index is 4.87. The second-order valence-electron chi connectivity index (χ2n) is 5.14. The number of aromatic nitrogens is 2. The topological polar surface area (TPSA) is 37.8 Å². The lowest BCUT2D eigenvalue weighted by Gasteiger charge is -2.29. The van der Waals surface area contributed by atoms with Crippen molar-refractivity contribution in [1.29, 1.82) is 0 Å². The lowest BCUT2D eigenvalue weighted by atomic mass is 9.80. The van der Waals surface area contributed by atoms with E-state index in [4.69, 9.17) is 9.97 Å². The first-order chi connectivity index (χ1) is 8.88. The van der Waals surface area contributed by atoms with Crippen LogP contribution in [0.3, 0.4) is 0 Å². The summed E-state index contributed by atoms with van der Waals surface area (Å²) >= 11 is 1.92. The first kappa shape index (κ1) is 12.4. The number of hydrogen-bond acceptors (Lipinski definition) is 4. The van der Waals surface area contributed by atoms with Crippen LogP contribution in [0.2, 0.25) is 0 Å². The van der Waals surface area contributed by atoms with Crippen molar-refractivity contribution in [2.24, 2.45) is 0 Å². The van der Waals surface area contributed by atoms with Crippen LogP contribution in [0.25, 0.3) is 0 Å². The van der Waals surface area contributed by atoms with Crippen molar-refractivity contribution in [1.82, 2.24) is 15.3 Å². The molecular weight excluding hydrogens is 242 g/mol. The van der Waals surface area contributed by atoms with Gasteiger partial charge in [-0.3, -0.25) is 0 Å². The standard InChI is InChI=1S/C14H21N3S/c1-2-18-9-13-16-12-6-7-15-8-11(12)14(17-13)10-4-3-5-10/h10,15H,2-9H2,1H3. The minimum atomic E-state index is 0.715. The van der Waals surface area contributed by atoms with Gasteiger partial charge < -0.3 is 5.32 Å². The summed E-state index contributed by atoms with van der Waals surface area (Å²) in [5.41, 5.74) is 4.10. The predicted molar refractivity (Wildman–Crippen MR) is 75.9 cm³/mol. The van der Waals surface area contributed by atoms with Gasteiger partial charge in [0.05, 0.1) is 17.1 Å². The highest BCUT2D eigenvalue weighted by atomic mass is 32.2. The lowest BCUT2D eigenvalue weighted by molar-refractivity contribution is 0.403. The van der Waals surface area contributed by atoms with E-state index in [0.717, 1.165) is 36.8 Å². The largest absolute Gasteiger partial charge is 0.312 e. The molecule has 18 heavy (non-hydrogen) atoms. The Labute approximate surface area is 113 Å². The Kier molecular flexibility index (Phi) is 3.85. The quantitative estimate of drug-likeness (QED) is 0.906. The maximum absolute atomic E-state index is 4.87. The molecule has 0 atom stereocenters. The van der Waals surface area contributed by atoms with Gasteiger partial charge >= 0.3 is 0 Å². The fourth-order valence-electron chi connectivity index (χ4n) is 2.70. The molecule has 1 aliphatic heterocycles. The minimum Gasteiger partial charge on any atom is -0.312 e. The average Bonchev–Trinajstić information content (AvgIpc) is 2.34. The van der Waals surface area contributed by atoms with E-state index in [1.807, 2.05) is 11.8 Å². The molecule has 0 aromatic carbocycles. The van der Waals surface area contributed by atoms with Gasteiger partial charge in [0.1, 0.15) is 5.82 Å². The van der Waals surface area contributed by atoms with Crippen LogP contribution in [-0.4, -0.2) is 22.3 Å². The number of rotatable bonds is 4. The molecule has 0 radical (unpaired) electrons. The van der Waals surface area contributed by atoms with Gasteiger partial charge in [-0.05, 0) is 18.6 Å². The monoisotopic (exact) mass is 263 g/mol. The zero-order chi connectivity index (χ0) is 12.4. The summed E-state index contributed by atoms with van der Waals surface area (Å²) in [5.74, 6) is 3.88. The van der Waals surface area contributed by atoms with Crippen LogP contribution in [0.5, 0.6) is 0 Å². The maximum Gasteiger partial charge on any atom is 0.138 e. The molecule has 1 aromatic rings. The molecule has 3 rings (SSSR count). The van der Waals surface area contributed by atoms with Crippen molar-refractivity contribution >= 4 is 11.8 Å². The fraction of sp³-hybridized carbons (Fsp3) is 0.714. The molecular formula is C14H21N3S. The summed E-state index contributed by atoms with van der Waals surface area (Å²) in [5, 5.41) is 3.46. The summed E-state index contributed by atoms with van der Waals surface area (Å²) in [6.07, 6.45) is 5.09. The molecule has 1 saturated carbocycles. The van der Waals surface area contributed by atoms with E-state index in [0.29, 0.717) is 5.92 Å². The number of nitrogens with zero attached hydrogens (tertiary/aromatic N) is 2. The van der Waals surface area contributed by atoms with Crippen molar-refractivity contribution in [2.45, 2.75) is 50.8 Å². The molecule has 4 heteroatoms. The molecule has 0 saturated heterocycles. The SMILES string of the molecule is CCSCc1nc2c(c(C3CCC3)n1)CNCC2. The molecule has 1 N–H and O–H groups in total. The van der Waals surface area contributed by atoms with E-state index < -0.39 is 0 Å². The summed E-state index contributed by atoms with van der Waals surface area (Å²) in [7, 11) is 0. The highest BCUT2D eigenvalue weighted by Crippen LogP contribution is 2.38. The average molecular weight is 263 g/mol. The molecule has 0 unspecified atom stereocenters. The highest BCUT2D eigenvalue weighted by molar-refractivity contribution is 7.98. The highest BCUT2D eigenvalue weighted by Gasteiger charge is 2.27. The third-order valence-electron chi connectivity index (χ3n) is 3.94. The van der Waals surface area contributed by atoms with Gasteiger partial charge in [-0.1, -0.05) is 13.3 Å². The molecule has 3 nitrogen and oxygen atoms in total. The van der Waals surface area contributed by atoms with Crippen LogP contribution in [0.1, 0.15) is 54.9 Å². The van der Waals surface area contributed by atoms with E-state index in [9.17, 15) is 0 Å². The van der Waals surface area contributed by atoms with Gasteiger partial charge in [-0.15, -0.1) is 0 Å². The third kappa shape index (κ3) is 2.41. The second-order valence-corrected chi connectivity index (χ2v) is 6.42. The first-order valence-corrected chi connectivity index (χ1v) is 8.21. The molecule has 2 heterocycles. The van der Waals surface area contributed by atoms with Gasteiger partial charge in [0, 0.05) is 31.0 Å². The summed E-state index contributed by atoms with van der Waals surface area (Å²) < 4.78 is 0. The van der Waals surface area contributed by atoms with E-state index >= 15 is 0 Å². The minimum absolute atomic E-state index is 0.715. The molecule has 1 aliphatic carbocycles. The zero-order valence-electron chi connectivity index (χ0n) is 11.0. The zero-order valence-corrected chi connectivity index (χ0v) is 11.9. The van der Waals surface area contributed by atoms with Gasteiger partial charge in [-0.2, -0.15) is 11.8 Å². The predicted octanol–water partition coefficient (Wildman–Crippen LogP) is 2.64. The number of hydrogen-bond donors (Lipinski definition) is 1. The van der Waals surface area contributed by atoms with Gasteiger partial charge in [-0.25, -0.2) is 9.97 Å². The second kappa shape index (κ2) is 5.57. The van der Waals surface area contributed by atoms with Crippen LogP contribution in [-0.2, 0) is 18.7 Å². The lowest BCUT2D eigenvalue weighted by Crippen LogP contribution is -2.29. The van der Waals surface area contributed by atoms with Crippen LogP contribution in [0.4, 0.5) is 0 Å². The summed E-state index contributed by atoms with van der Waals surface area (Å²) in [6.45, 7) is 4.23. The first-order valence-electron chi connectivity index (χ1n) is 7.05. The Balaban J connectivity index is 1.92. The van der Waals surface area contributed by atoms with Crippen LogP contribution >= 0.6 is 11.8 Å². The van der Waals surface area contributed by atoms with Crippen molar-refractivity contribution in [3.63, 3.8) is 0 Å². The molecule has 1 fully saturated rings. The number of fused-ring (bicyclic) bond motifs is 1. The smallest absolute Gasteiger partial charge is 0.138 e. The van der Waals surface area contributed by atoms with Crippen molar-refractivity contribution in [2.75, 3.05) is 12.3 Å². The van der Waals surface area contributed by atoms with Gasteiger partial charge in [0.25, 0.3) is 0 Å². The summed E-state index contributed by atoms with van der Waals surface area (Å²) in [4.78, 5) is 9.65. The van der Waals surface area contributed by atoms with Crippen LogP contribution < -0.4 is 5.32 Å². The van der Waals surface area contributed by atoms with Crippen molar-refractivity contribution < 1.29 is 0 Å². The molecule has 1 aromatic heterocycles.